The summed E-state index contributed by atoms with van der Waals surface area (Å²) in [6.45, 7) is 2.62. The fourth-order valence-corrected chi connectivity index (χ4v) is 1.59. The zero-order chi connectivity index (χ0) is 10.6. The summed E-state index contributed by atoms with van der Waals surface area (Å²) >= 11 is 9.40. The summed E-state index contributed by atoms with van der Waals surface area (Å²) in [4.78, 5) is 0. The van der Waals surface area contributed by atoms with Crippen LogP contribution < -0.4 is 5.32 Å². The first-order valence-electron chi connectivity index (χ1n) is 4.27. The molecule has 0 heterocycles. The number of rotatable bonds is 3. The zero-order valence-corrected chi connectivity index (χ0v) is 10.2. The van der Waals surface area contributed by atoms with E-state index < -0.39 is 0 Å². The summed E-state index contributed by atoms with van der Waals surface area (Å²) < 4.78 is 1.02. The van der Waals surface area contributed by atoms with Gasteiger partial charge in [0, 0.05) is 16.0 Å². The third kappa shape index (κ3) is 3.34. The molecule has 1 atom stereocenters. The molecule has 3 heteroatoms. The molecule has 0 aliphatic heterocycles. The first-order chi connectivity index (χ1) is 6.63. The van der Waals surface area contributed by atoms with E-state index in [1.54, 1.807) is 0 Å². The SMILES string of the molecule is C#CC(C)NCc1cc(Br)ccc1Cl. The van der Waals surface area contributed by atoms with Gasteiger partial charge in [-0.15, -0.1) is 6.42 Å². The van der Waals surface area contributed by atoms with Gasteiger partial charge < -0.3 is 0 Å². The van der Waals surface area contributed by atoms with Crippen molar-refractivity contribution in [2.75, 3.05) is 0 Å². The molecule has 0 radical (unpaired) electrons. The van der Waals surface area contributed by atoms with E-state index in [9.17, 15) is 0 Å². The summed E-state index contributed by atoms with van der Waals surface area (Å²) in [5.41, 5.74) is 1.04. The predicted octanol–water partition coefficient (Wildman–Crippen LogP) is 3.21. The zero-order valence-electron chi connectivity index (χ0n) is 7.85. The highest BCUT2D eigenvalue weighted by atomic mass is 79.9. The molecule has 1 rings (SSSR count). The van der Waals surface area contributed by atoms with Crippen LogP contribution in [-0.4, -0.2) is 6.04 Å². The van der Waals surface area contributed by atoms with Gasteiger partial charge in [0.15, 0.2) is 0 Å². The molecular formula is C11H11BrClN. The second kappa shape index (κ2) is 5.41. The average Bonchev–Trinajstić information content (AvgIpc) is 2.19. The molecule has 1 nitrogen and oxygen atoms in total. The van der Waals surface area contributed by atoms with Crippen LogP contribution in [0.4, 0.5) is 0 Å². The lowest BCUT2D eigenvalue weighted by molar-refractivity contribution is 0.648. The molecule has 1 N–H and O–H groups in total. The van der Waals surface area contributed by atoms with Crippen molar-refractivity contribution in [3.8, 4) is 12.3 Å². The maximum atomic E-state index is 6.01. The second-order valence-electron chi connectivity index (χ2n) is 3.00. The van der Waals surface area contributed by atoms with Gasteiger partial charge in [0.2, 0.25) is 0 Å². The first-order valence-corrected chi connectivity index (χ1v) is 5.44. The number of hydrogen-bond acceptors (Lipinski definition) is 1. The van der Waals surface area contributed by atoms with Crippen LogP contribution in [0.1, 0.15) is 12.5 Å². The van der Waals surface area contributed by atoms with Gasteiger partial charge in [0.05, 0.1) is 6.04 Å². The van der Waals surface area contributed by atoms with Crippen molar-refractivity contribution in [2.45, 2.75) is 19.5 Å². The Kier molecular flexibility index (Phi) is 4.47. The van der Waals surface area contributed by atoms with Gasteiger partial charge in [0.1, 0.15) is 0 Å². The summed E-state index contributed by atoms with van der Waals surface area (Å²) in [6, 6.07) is 5.82. The third-order valence-electron chi connectivity index (χ3n) is 1.86. The van der Waals surface area contributed by atoms with Crippen molar-refractivity contribution >= 4 is 27.5 Å². The van der Waals surface area contributed by atoms with Crippen LogP contribution in [0.25, 0.3) is 0 Å². The smallest absolute Gasteiger partial charge is 0.0660 e. The number of halogens is 2. The van der Waals surface area contributed by atoms with E-state index in [0.29, 0.717) is 6.54 Å². The highest BCUT2D eigenvalue weighted by Gasteiger charge is 2.02. The van der Waals surface area contributed by atoms with Gasteiger partial charge in [-0.2, -0.15) is 0 Å². The molecule has 0 aliphatic carbocycles. The van der Waals surface area contributed by atoms with Crippen molar-refractivity contribution < 1.29 is 0 Å². The lowest BCUT2D eigenvalue weighted by atomic mass is 10.2. The van der Waals surface area contributed by atoms with Gasteiger partial charge >= 0.3 is 0 Å². The minimum Gasteiger partial charge on any atom is -0.300 e. The number of benzene rings is 1. The largest absolute Gasteiger partial charge is 0.300 e. The number of terminal acetylenes is 1. The molecule has 0 fully saturated rings. The third-order valence-corrected chi connectivity index (χ3v) is 2.72. The fraction of sp³-hybridized carbons (Fsp3) is 0.273. The van der Waals surface area contributed by atoms with Crippen LogP contribution >= 0.6 is 27.5 Å². The number of hydrogen-bond donors (Lipinski definition) is 1. The van der Waals surface area contributed by atoms with Gasteiger partial charge in [0.25, 0.3) is 0 Å². The Morgan fingerprint density at radius 3 is 3.00 bits per heavy atom. The normalized spacial score (nSPS) is 12.1. The Morgan fingerprint density at radius 2 is 2.36 bits per heavy atom. The van der Waals surface area contributed by atoms with E-state index in [-0.39, 0.29) is 6.04 Å². The summed E-state index contributed by atoms with van der Waals surface area (Å²) in [5.74, 6) is 2.60. The molecule has 0 aromatic heterocycles. The van der Waals surface area contributed by atoms with E-state index in [4.69, 9.17) is 18.0 Å². The lowest BCUT2D eigenvalue weighted by Crippen LogP contribution is -2.23. The Balaban J connectivity index is 2.67. The lowest BCUT2D eigenvalue weighted by Gasteiger charge is -2.09. The topological polar surface area (TPSA) is 12.0 Å². The van der Waals surface area contributed by atoms with Crippen molar-refractivity contribution in [3.05, 3.63) is 33.3 Å². The molecule has 0 saturated heterocycles. The van der Waals surface area contributed by atoms with Crippen LogP contribution in [0, 0.1) is 12.3 Å². The van der Waals surface area contributed by atoms with Crippen LogP contribution in [0.15, 0.2) is 22.7 Å². The van der Waals surface area contributed by atoms with E-state index in [0.717, 1.165) is 15.1 Å². The predicted molar refractivity (Wildman–Crippen MR) is 64.3 cm³/mol. The van der Waals surface area contributed by atoms with Crippen molar-refractivity contribution in [3.63, 3.8) is 0 Å². The Bertz CT molecular complexity index is 357. The molecule has 14 heavy (non-hydrogen) atoms. The van der Waals surface area contributed by atoms with Gasteiger partial charge in [-0.1, -0.05) is 33.5 Å². The quantitative estimate of drug-likeness (QED) is 0.833. The molecular weight excluding hydrogens is 261 g/mol. The number of nitrogens with one attached hydrogen (secondary N) is 1. The highest BCUT2D eigenvalue weighted by Crippen LogP contribution is 2.20. The first kappa shape index (κ1) is 11.6. The van der Waals surface area contributed by atoms with Crippen LogP contribution in [-0.2, 0) is 6.54 Å². The van der Waals surface area contributed by atoms with Gasteiger partial charge in [-0.05, 0) is 30.7 Å². The standard InChI is InChI=1S/C11H11BrClN/c1-3-8(2)14-7-9-6-10(12)4-5-11(9)13/h1,4-6,8,14H,7H2,2H3. The maximum absolute atomic E-state index is 6.01. The minimum atomic E-state index is 0.0602. The molecule has 0 amide bonds. The van der Waals surface area contributed by atoms with E-state index >= 15 is 0 Å². The van der Waals surface area contributed by atoms with Crippen LogP contribution in [0.5, 0.6) is 0 Å². The Hall–Kier alpha value is -0.490. The average molecular weight is 273 g/mol. The van der Waals surface area contributed by atoms with Gasteiger partial charge in [-0.25, -0.2) is 0 Å². The van der Waals surface area contributed by atoms with E-state index in [2.05, 4.69) is 27.2 Å². The Labute approximate surface area is 98.0 Å². The van der Waals surface area contributed by atoms with Crippen LogP contribution in [0.3, 0.4) is 0 Å². The molecule has 74 valence electrons. The molecule has 0 saturated carbocycles. The maximum Gasteiger partial charge on any atom is 0.0660 e. The van der Waals surface area contributed by atoms with Gasteiger partial charge in [-0.3, -0.25) is 5.32 Å². The monoisotopic (exact) mass is 271 g/mol. The van der Waals surface area contributed by atoms with Crippen molar-refractivity contribution in [1.29, 1.82) is 0 Å². The molecule has 1 aromatic rings. The van der Waals surface area contributed by atoms with E-state index in [1.807, 2.05) is 25.1 Å². The fourth-order valence-electron chi connectivity index (χ4n) is 1.00. The summed E-state index contributed by atoms with van der Waals surface area (Å²) in [6.07, 6.45) is 5.25. The summed E-state index contributed by atoms with van der Waals surface area (Å²) in [5, 5.41) is 3.93. The molecule has 0 spiro atoms. The van der Waals surface area contributed by atoms with Crippen molar-refractivity contribution in [2.24, 2.45) is 0 Å². The highest BCUT2D eigenvalue weighted by molar-refractivity contribution is 9.10. The summed E-state index contributed by atoms with van der Waals surface area (Å²) in [7, 11) is 0. The molecule has 1 aromatic carbocycles. The Morgan fingerprint density at radius 1 is 1.64 bits per heavy atom. The van der Waals surface area contributed by atoms with Crippen molar-refractivity contribution in [1.82, 2.24) is 5.32 Å². The minimum absolute atomic E-state index is 0.0602. The van der Waals surface area contributed by atoms with Crippen LogP contribution in [0.2, 0.25) is 5.02 Å². The van der Waals surface area contributed by atoms with E-state index in [1.165, 1.54) is 0 Å². The molecule has 0 bridgehead atoms. The molecule has 0 aliphatic rings. The molecule has 1 unspecified atom stereocenters. The second-order valence-corrected chi connectivity index (χ2v) is 4.33.